The van der Waals surface area contributed by atoms with Gasteiger partial charge in [0.05, 0.1) is 4.92 Å². The molecule has 1 fully saturated rings. The van der Waals surface area contributed by atoms with Crippen LogP contribution in [0.15, 0.2) is 30.3 Å². The highest BCUT2D eigenvalue weighted by Gasteiger charge is 2.15. The number of nitrogens with one attached hydrogen (secondary N) is 1. The second-order valence-electron chi connectivity index (χ2n) is 4.90. The van der Waals surface area contributed by atoms with Gasteiger partial charge in [-0.2, -0.15) is 0 Å². The van der Waals surface area contributed by atoms with E-state index in [9.17, 15) is 10.1 Å². The van der Waals surface area contributed by atoms with Gasteiger partial charge in [-0.1, -0.05) is 19.1 Å². The summed E-state index contributed by atoms with van der Waals surface area (Å²) in [6.45, 7) is 3.34. The third-order valence-electron chi connectivity index (χ3n) is 3.32. The number of piperidine rings is 1. The predicted octanol–water partition coefficient (Wildman–Crippen LogP) is 3.00. The van der Waals surface area contributed by atoms with E-state index in [1.165, 1.54) is 18.6 Å². The number of nitro groups is 1. The third kappa shape index (κ3) is 3.40. The van der Waals surface area contributed by atoms with E-state index in [0.717, 1.165) is 24.4 Å². The van der Waals surface area contributed by atoms with Gasteiger partial charge in [-0.15, -0.1) is 0 Å². The molecule has 0 aromatic heterocycles. The Morgan fingerprint density at radius 1 is 1.39 bits per heavy atom. The first-order chi connectivity index (χ1) is 8.65. The third-order valence-corrected chi connectivity index (χ3v) is 3.32. The van der Waals surface area contributed by atoms with Crippen LogP contribution in [0.4, 0.5) is 5.69 Å². The maximum absolute atomic E-state index is 10.5. The van der Waals surface area contributed by atoms with Crippen molar-refractivity contribution in [2.24, 2.45) is 5.92 Å². The number of hydrogen-bond donors (Lipinski definition) is 1. The molecular formula is C14H18N2O2. The summed E-state index contributed by atoms with van der Waals surface area (Å²) in [7, 11) is 0. The molecule has 18 heavy (non-hydrogen) atoms. The minimum absolute atomic E-state index is 0.136. The molecule has 1 heterocycles. The lowest BCUT2D eigenvalue weighted by Gasteiger charge is -2.25. The maximum atomic E-state index is 10.5. The van der Waals surface area contributed by atoms with Crippen LogP contribution in [0.25, 0.3) is 6.08 Å². The molecule has 0 radical (unpaired) electrons. The summed E-state index contributed by atoms with van der Waals surface area (Å²) >= 11 is 0. The van der Waals surface area contributed by atoms with E-state index in [-0.39, 0.29) is 10.6 Å². The Labute approximate surface area is 107 Å². The highest BCUT2D eigenvalue weighted by molar-refractivity contribution is 5.52. The van der Waals surface area contributed by atoms with Gasteiger partial charge in [-0.25, -0.2) is 0 Å². The molecule has 1 aliphatic rings. The van der Waals surface area contributed by atoms with Crippen LogP contribution in [0, 0.1) is 16.0 Å². The summed E-state index contributed by atoms with van der Waals surface area (Å²) in [5.41, 5.74) is 1.14. The van der Waals surface area contributed by atoms with Gasteiger partial charge in [0.25, 0.3) is 5.69 Å². The minimum Gasteiger partial charge on any atom is -0.310 e. The summed E-state index contributed by atoms with van der Waals surface area (Å²) in [5.74, 6) is 0.762. The molecule has 2 unspecified atom stereocenters. The SMILES string of the molecule is CC1CCNC(/C=C/c2ccc([N+](=O)[O-])cc2)C1. The molecule has 4 heteroatoms. The Bertz CT molecular complexity index is 440. The van der Waals surface area contributed by atoms with Crippen LogP contribution in [0.2, 0.25) is 0 Å². The van der Waals surface area contributed by atoms with E-state index < -0.39 is 0 Å². The highest BCUT2D eigenvalue weighted by Crippen LogP contribution is 2.17. The van der Waals surface area contributed by atoms with E-state index >= 15 is 0 Å². The maximum Gasteiger partial charge on any atom is 0.269 e. The van der Waals surface area contributed by atoms with Crippen molar-refractivity contribution in [2.45, 2.75) is 25.8 Å². The lowest BCUT2D eigenvalue weighted by Crippen LogP contribution is -2.35. The van der Waals surface area contributed by atoms with Gasteiger partial charge in [0.15, 0.2) is 0 Å². The van der Waals surface area contributed by atoms with Crippen LogP contribution in [-0.4, -0.2) is 17.5 Å². The fraction of sp³-hybridized carbons (Fsp3) is 0.429. The van der Waals surface area contributed by atoms with Crippen molar-refractivity contribution in [3.8, 4) is 0 Å². The Balaban J connectivity index is 1.98. The topological polar surface area (TPSA) is 55.2 Å². The molecule has 1 aliphatic heterocycles. The van der Waals surface area contributed by atoms with Gasteiger partial charge >= 0.3 is 0 Å². The molecule has 0 bridgehead atoms. The largest absolute Gasteiger partial charge is 0.310 e. The van der Waals surface area contributed by atoms with Gasteiger partial charge in [0, 0.05) is 18.2 Å². The number of nitro benzene ring substituents is 1. The molecule has 1 N–H and O–H groups in total. The molecule has 96 valence electrons. The Morgan fingerprint density at radius 2 is 2.11 bits per heavy atom. The Hall–Kier alpha value is -1.68. The zero-order chi connectivity index (χ0) is 13.0. The van der Waals surface area contributed by atoms with E-state index in [1.807, 2.05) is 6.08 Å². The number of non-ortho nitro benzene ring substituents is 1. The molecule has 2 atom stereocenters. The summed E-state index contributed by atoms with van der Waals surface area (Å²) in [4.78, 5) is 10.2. The van der Waals surface area contributed by atoms with E-state index in [1.54, 1.807) is 12.1 Å². The first kappa shape index (κ1) is 12.8. The molecule has 4 nitrogen and oxygen atoms in total. The second kappa shape index (κ2) is 5.78. The number of hydrogen-bond acceptors (Lipinski definition) is 3. The lowest BCUT2D eigenvalue weighted by atomic mass is 9.94. The van der Waals surface area contributed by atoms with E-state index in [0.29, 0.717) is 6.04 Å². The minimum atomic E-state index is -0.377. The second-order valence-corrected chi connectivity index (χ2v) is 4.90. The number of rotatable bonds is 3. The lowest BCUT2D eigenvalue weighted by molar-refractivity contribution is -0.384. The molecule has 1 aromatic carbocycles. The van der Waals surface area contributed by atoms with Crippen molar-refractivity contribution in [3.63, 3.8) is 0 Å². The van der Waals surface area contributed by atoms with Crippen LogP contribution < -0.4 is 5.32 Å². The first-order valence-corrected chi connectivity index (χ1v) is 6.31. The molecule has 0 aliphatic carbocycles. The smallest absolute Gasteiger partial charge is 0.269 e. The standard InChI is InChI=1S/C14H18N2O2/c1-11-8-9-15-13(10-11)5-2-12-3-6-14(7-4-12)16(17)18/h2-7,11,13,15H,8-10H2,1H3/b5-2+. The quantitative estimate of drug-likeness (QED) is 0.659. The Morgan fingerprint density at radius 3 is 2.72 bits per heavy atom. The Kier molecular flexibility index (Phi) is 4.10. The number of nitrogens with zero attached hydrogens (tertiary/aromatic N) is 1. The van der Waals surface area contributed by atoms with Crippen LogP contribution in [0.5, 0.6) is 0 Å². The van der Waals surface area contributed by atoms with Crippen LogP contribution >= 0.6 is 0 Å². The molecule has 0 saturated carbocycles. The first-order valence-electron chi connectivity index (χ1n) is 6.31. The molecule has 0 amide bonds. The number of benzene rings is 1. The van der Waals surface area contributed by atoms with Gasteiger partial charge in [0.2, 0.25) is 0 Å². The van der Waals surface area contributed by atoms with Crippen molar-refractivity contribution in [1.29, 1.82) is 0 Å². The van der Waals surface area contributed by atoms with Crippen molar-refractivity contribution in [1.82, 2.24) is 5.32 Å². The summed E-state index contributed by atoms with van der Waals surface area (Å²) in [6.07, 6.45) is 6.57. The van der Waals surface area contributed by atoms with Crippen LogP contribution in [-0.2, 0) is 0 Å². The predicted molar refractivity (Wildman–Crippen MR) is 72.3 cm³/mol. The normalized spacial score (nSPS) is 24.3. The highest BCUT2D eigenvalue weighted by atomic mass is 16.6. The van der Waals surface area contributed by atoms with Crippen molar-refractivity contribution < 1.29 is 4.92 Å². The average molecular weight is 246 g/mol. The van der Waals surface area contributed by atoms with Crippen LogP contribution in [0.3, 0.4) is 0 Å². The van der Waals surface area contributed by atoms with E-state index in [4.69, 9.17) is 0 Å². The molecule has 0 spiro atoms. The van der Waals surface area contributed by atoms with Gasteiger partial charge in [0.1, 0.15) is 0 Å². The summed E-state index contributed by atoms with van der Waals surface area (Å²) in [6, 6.07) is 7.05. The zero-order valence-electron chi connectivity index (χ0n) is 10.5. The van der Waals surface area contributed by atoms with Crippen molar-refractivity contribution in [2.75, 3.05) is 6.54 Å². The average Bonchev–Trinajstić information content (AvgIpc) is 2.37. The fourth-order valence-corrected chi connectivity index (χ4v) is 2.23. The van der Waals surface area contributed by atoms with Crippen LogP contribution in [0.1, 0.15) is 25.3 Å². The van der Waals surface area contributed by atoms with Gasteiger partial charge in [-0.3, -0.25) is 10.1 Å². The van der Waals surface area contributed by atoms with Gasteiger partial charge in [-0.05, 0) is 43.0 Å². The molecule has 2 rings (SSSR count). The molecule has 1 saturated heterocycles. The van der Waals surface area contributed by atoms with Gasteiger partial charge < -0.3 is 5.32 Å². The zero-order valence-corrected chi connectivity index (χ0v) is 10.5. The van der Waals surface area contributed by atoms with Crippen molar-refractivity contribution >= 4 is 11.8 Å². The molecule has 1 aromatic rings. The summed E-state index contributed by atoms with van der Waals surface area (Å²) in [5, 5.41) is 14.0. The van der Waals surface area contributed by atoms with E-state index in [2.05, 4.69) is 18.3 Å². The molecular weight excluding hydrogens is 228 g/mol. The van der Waals surface area contributed by atoms with Crippen molar-refractivity contribution in [3.05, 3.63) is 46.0 Å². The summed E-state index contributed by atoms with van der Waals surface area (Å²) < 4.78 is 0. The monoisotopic (exact) mass is 246 g/mol. The fourth-order valence-electron chi connectivity index (χ4n) is 2.23.